The van der Waals surface area contributed by atoms with Crippen LogP contribution in [-0.4, -0.2) is 30.1 Å². The minimum absolute atomic E-state index is 0.150. The van der Waals surface area contributed by atoms with E-state index in [0.717, 1.165) is 12.1 Å². The van der Waals surface area contributed by atoms with Gasteiger partial charge in [-0.2, -0.15) is 9.97 Å². The third-order valence-electron chi connectivity index (χ3n) is 2.52. The molecule has 0 unspecified atom stereocenters. The standard InChI is InChI=1S/C13H11F2N3O3/c1-20-9-6-10(21-2)17-13(16-9)18-12(19)7-4-3-5-8(14)11(7)15/h3-6H,1-2H3,(H,16,17,18,19). The highest BCUT2D eigenvalue weighted by Gasteiger charge is 2.17. The van der Waals surface area contributed by atoms with Crippen LogP contribution in [0, 0.1) is 11.6 Å². The molecule has 0 atom stereocenters. The van der Waals surface area contributed by atoms with Gasteiger partial charge in [0.2, 0.25) is 17.7 Å². The highest BCUT2D eigenvalue weighted by molar-refractivity contribution is 6.03. The lowest BCUT2D eigenvalue weighted by Crippen LogP contribution is -2.16. The second-order valence-corrected chi connectivity index (χ2v) is 3.83. The molecular formula is C13H11F2N3O3. The minimum Gasteiger partial charge on any atom is -0.481 e. The van der Waals surface area contributed by atoms with Gasteiger partial charge in [-0.05, 0) is 12.1 Å². The smallest absolute Gasteiger partial charge is 0.261 e. The molecule has 0 aliphatic heterocycles. The molecule has 2 aromatic rings. The van der Waals surface area contributed by atoms with Gasteiger partial charge in [-0.25, -0.2) is 8.78 Å². The normalized spacial score (nSPS) is 10.1. The second-order valence-electron chi connectivity index (χ2n) is 3.83. The largest absolute Gasteiger partial charge is 0.481 e. The van der Waals surface area contributed by atoms with Gasteiger partial charge in [-0.15, -0.1) is 0 Å². The van der Waals surface area contributed by atoms with Crippen molar-refractivity contribution >= 4 is 11.9 Å². The number of aromatic nitrogens is 2. The van der Waals surface area contributed by atoms with Gasteiger partial charge in [-0.1, -0.05) is 6.07 Å². The number of nitrogens with one attached hydrogen (secondary N) is 1. The molecule has 6 nitrogen and oxygen atoms in total. The van der Waals surface area contributed by atoms with Crippen LogP contribution in [-0.2, 0) is 0 Å². The Hall–Kier alpha value is -2.77. The molecule has 0 aliphatic carbocycles. The van der Waals surface area contributed by atoms with Crippen LogP contribution in [0.1, 0.15) is 10.4 Å². The summed E-state index contributed by atoms with van der Waals surface area (Å²) < 4.78 is 36.4. The number of nitrogens with zero attached hydrogens (tertiary/aromatic N) is 2. The minimum atomic E-state index is -1.25. The van der Waals surface area contributed by atoms with E-state index >= 15 is 0 Å². The van der Waals surface area contributed by atoms with Crippen LogP contribution in [0.5, 0.6) is 11.8 Å². The lowest BCUT2D eigenvalue weighted by molar-refractivity contribution is 0.102. The lowest BCUT2D eigenvalue weighted by atomic mass is 10.2. The molecule has 0 bridgehead atoms. The van der Waals surface area contributed by atoms with E-state index in [9.17, 15) is 13.6 Å². The van der Waals surface area contributed by atoms with Crippen molar-refractivity contribution in [3.8, 4) is 11.8 Å². The van der Waals surface area contributed by atoms with Crippen LogP contribution in [0.2, 0.25) is 0 Å². The van der Waals surface area contributed by atoms with Crippen LogP contribution < -0.4 is 14.8 Å². The molecule has 2 rings (SSSR count). The Balaban J connectivity index is 2.29. The molecule has 0 saturated heterocycles. The zero-order chi connectivity index (χ0) is 15.4. The number of methoxy groups -OCH3 is 2. The summed E-state index contributed by atoms with van der Waals surface area (Å²) in [5.41, 5.74) is -0.458. The number of hydrogen-bond acceptors (Lipinski definition) is 5. The molecule has 0 aliphatic rings. The molecule has 1 amide bonds. The average Bonchev–Trinajstić information content (AvgIpc) is 2.49. The number of halogens is 2. The maximum atomic E-state index is 13.5. The zero-order valence-electron chi connectivity index (χ0n) is 11.2. The van der Waals surface area contributed by atoms with Gasteiger partial charge in [0.1, 0.15) is 0 Å². The van der Waals surface area contributed by atoms with Gasteiger partial charge in [0.25, 0.3) is 5.91 Å². The Morgan fingerprint density at radius 1 is 1.14 bits per heavy atom. The zero-order valence-corrected chi connectivity index (χ0v) is 11.2. The Bertz CT molecular complexity index is 657. The van der Waals surface area contributed by atoms with E-state index < -0.39 is 23.1 Å². The topological polar surface area (TPSA) is 73.3 Å². The Kier molecular flexibility index (Phi) is 4.27. The van der Waals surface area contributed by atoms with Gasteiger partial charge < -0.3 is 9.47 Å². The van der Waals surface area contributed by atoms with Crippen molar-refractivity contribution in [1.82, 2.24) is 9.97 Å². The summed E-state index contributed by atoms with van der Waals surface area (Å²) >= 11 is 0. The molecule has 1 aromatic heterocycles. The number of hydrogen-bond donors (Lipinski definition) is 1. The summed E-state index contributed by atoms with van der Waals surface area (Å²) in [4.78, 5) is 19.6. The molecule has 0 radical (unpaired) electrons. The average molecular weight is 295 g/mol. The second kappa shape index (κ2) is 6.12. The van der Waals surface area contributed by atoms with Crippen molar-refractivity contribution in [2.45, 2.75) is 0 Å². The third kappa shape index (κ3) is 3.22. The maximum Gasteiger partial charge on any atom is 0.261 e. The lowest BCUT2D eigenvalue weighted by Gasteiger charge is -2.08. The fourth-order valence-corrected chi connectivity index (χ4v) is 1.52. The highest BCUT2D eigenvalue weighted by Crippen LogP contribution is 2.18. The first-order valence-electron chi connectivity index (χ1n) is 5.77. The van der Waals surface area contributed by atoms with Crippen LogP contribution in [0.25, 0.3) is 0 Å². The summed E-state index contributed by atoms with van der Waals surface area (Å²) in [5.74, 6) is -3.10. The first kappa shape index (κ1) is 14.6. The Morgan fingerprint density at radius 3 is 2.33 bits per heavy atom. The van der Waals surface area contributed by atoms with Crippen LogP contribution >= 0.6 is 0 Å². The van der Waals surface area contributed by atoms with Gasteiger partial charge in [0.15, 0.2) is 11.6 Å². The molecule has 0 saturated carbocycles. The Morgan fingerprint density at radius 2 is 1.76 bits per heavy atom. The molecule has 1 heterocycles. The number of carbonyl (C=O) groups excluding carboxylic acids is 1. The number of rotatable bonds is 4. The first-order chi connectivity index (χ1) is 10.0. The third-order valence-corrected chi connectivity index (χ3v) is 2.52. The predicted molar refractivity (Wildman–Crippen MR) is 69.4 cm³/mol. The SMILES string of the molecule is COc1cc(OC)nc(NC(=O)c2cccc(F)c2F)n1. The van der Waals surface area contributed by atoms with E-state index in [2.05, 4.69) is 15.3 Å². The predicted octanol–water partition coefficient (Wildman–Crippen LogP) is 2.02. The van der Waals surface area contributed by atoms with Crippen molar-refractivity contribution < 1.29 is 23.0 Å². The molecule has 110 valence electrons. The van der Waals surface area contributed by atoms with Crippen molar-refractivity contribution in [3.05, 3.63) is 41.5 Å². The Labute approximate surface area is 118 Å². The molecular weight excluding hydrogens is 284 g/mol. The molecule has 1 N–H and O–H groups in total. The van der Waals surface area contributed by atoms with E-state index in [-0.39, 0.29) is 17.7 Å². The monoisotopic (exact) mass is 295 g/mol. The van der Waals surface area contributed by atoms with Crippen molar-refractivity contribution in [1.29, 1.82) is 0 Å². The first-order valence-corrected chi connectivity index (χ1v) is 5.77. The number of amides is 1. The molecule has 1 aromatic carbocycles. The summed E-state index contributed by atoms with van der Waals surface area (Å²) in [6.07, 6.45) is 0. The van der Waals surface area contributed by atoms with Crippen molar-refractivity contribution in [3.63, 3.8) is 0 Å². The van der Waals surface area contributed by atoms with Crippen LogP contribution in [0.4, 0.5) is 14.7 Å². The van der Waals surface area contributed by atoms with Crippen LogP contribution in [0.15, 0.2) is 24.3 Å². The van der Waals surface area contributed by atoms with Crippen LogP contribution in [0.3, 0.4) is 0 Å². The van der Waals surface area contributed by atoms with Gasteiger partial charge >= 0.3 is 0 Å². The fraction of sp³-hybridized carbons (Fsp3) is 0.154. The molecule has 8 heteroatoms. The van der Waals surface area contributed by atoms with Crippen molar-refractivity contribution in [2.75, 3.05) is 19.5 Å². The summed E-state index contributed by atoms with van der Waals surface area (Å²) in [6, 6.07) is 4.68. The van der Waals surface area contributed by atoms with E-state index in [4.69, 9.17) is 9.47 Å². The van der Waals surface area contributed by atoms with E-state index in [1.165, 1.54) is 26.4 Å². The maximum absolute atomic E-state index is 13.5. The summed E-state index contributed by atoms with van der Waals surface area (Å²) in [5, 5.41) is 2.25. The summed E-state index contributed by atoms with van der Waals surface area (Å²) in [7, 11) is 2.75. The fourth-order valence-electron chi connectivity index (χ4n) is 1.52. The van der Waals surface area contributed by atoms with Crippen molar-refractivity contribution in [2.24, 2.45) is 0 Å². The van der Waals surface area contributed by atoms with E-state index in [0.29, 0.717) is 0 Å². The number of benzene rings is 1. The quantitative estimate of drug-likeness (QED) is 0.934. The highest BCUT2D eigenvalue weighted by atomic mass is 19.2. The molecule has 0 spiro atoms. The van der Waals surface area contributed by atoms with E-state index in [1.54, 1.807) is 0 Å². The van der Waals surface area contributed by atoms with E-state index in [1.807, 2.05) is 0 Å². The number of anilines is 1. The number of carbonyl (C=O) groups is 1. The summed E-state index contributed by atoms with van der Waals surface area (Å²) in [6.45, 7) is 0. The van der Waals surface area contributed by atoms with Gasteiger partial charge in [0, 0.05) is 0 Å². The molecule has 21 heavy (non-hydrogen) atoms. The van der Waals surface area contributed by atoms with Gasteiger partial charge in [0.05, 0.1) is 25.8 Å². The molecule has 0 fully saturated rings. The number of ether oxygens (including phenoxy) is 2. The van der Waals surface area contributed by atoms with Gasteiger partial charge in [-0.3, -0.25) is 10.1 Å².